The number of carbonyl (C=O) groups excluding carboxylic acids is 2. The first-order chi connectivity index (χ1) is 21.6. The Morgan fingerprint density at radius 3 is 1.84 bits per heavy atom. The minimum Gasteiger partial charge on any atom is -0.494 e. The summed E-state index contributed by atoms with van der Waals surface area (Å²) in [4.78, 5) is 26.4. The predicted octanol–water partition coefficient (Wildman–Crippen LogP) is 9.88. The van der Waals surface area contributed by atoms with Gasteiger partial charge in [-0.2, -0.15) is 5.26 Å². The quantitative estimate of drug-likeness (QED) is 0.0526. The van der Waals surface area contributed by atoms with Gasteiger partial charge >= 0.3 is 5.97 Å². The molecule has 0 heterocycles. The van der Waals surface area contributed by atoms with E-state index < -0.39 is 5.97 Å². The normalized spacial score (nSPS) is 10.7. The van der Waals surface area contributed by atoms with E-state index in [1.54, 1.807) is 42.5 Å². The summed E-state index contributed by atoms with van der Waals surface area (Å²) in [5, 5.41) is 9.83. The largest absolute Gasteiger partial charge is 0.494 e. The van der Waals surface area contributed by atoms with E-state index in [0.29, 0.717) is 30.3 Å². The van der Waals surface area contributed by atoms with Crippen LogP contribution in [0.15, 0.2) is 66.7 Å². The van der Waals surface area contributed by atoms with Gasteiger partial charge in [0.1, 0.15) is 17.2 Å². The summed E-state index contributed by atoms with van der Waals surface area (Å²) in [6.07, 6.45) is 15.4. The van der Waals surface area contributed by atoms with Crippen LogP contribution >= 0.6 is 0 Å². The minimum atomic E-state index is -0.612. The highest BCUT2D eigenvalue weighted by Crippen LogP contribution is 2.25. The van der Waals surface area contributed by atoms with Crippen molar-refractivity contribution in [1.82, 2.24) is 0 Å². The van der Waals surface area contributed by atoms with E-state index in [2.05, 4.69) is 19.9 Å². The molecule has 0 aliphatic heterocycles. The molecule has 0 saturated heterocycles. The second kappa shape index (κ2) is 20.0. The van der Waals surface area contributed by atoms with Gasteiger partial charge in [-0.05, 0) is 67.4 Å². The fraction of sp³-hybridized carbons (Fsp3) is 0.447. The second-order valence-electron chi connectivity index (χ2n) is 11.1. The number of carbonyl (C=O) groups is 2. The van der Waals surface area contributed by atoms with E-state index in [1.807, 2.05) is 6.07 Å². The summed E-state index contributed by atoms with van der Waals surface area (Å²) in [6, 6.07) is 20.5. The molecule has 0 aromatic heterocycles. The van der Waals surface area contributed by atoms with E-state index >= 15 is 0 Å². The van der Waals surface area contributed by atoms with Crippen LogP contribution in [0.1, 0.15) is 129 Å². The highest BCUT2D eigenvalue weighted by molar-refractivity contribution is 6.12. The van der Waals surface area contributed by atoms with Crippen LogP contribution in [-0.2, 0) is 0 Å². The smallest absolute Gasteiger partial charge is 0.343 e. The number of rotatable bonds is 21. The summed E-state index contributed by atoms with van der Waals surface area (Å²) < 4.78 is 17.3. The summed E-state index contributed by atoms with van der Waals surface area (Å²) >= 11 is 0. The Kier molecular flexibility index (Phi) is 15.6. The Hall–Kier alpha value is -4.11. The number of benzene rings is 3. The lowest BCUT2D eigenvalue weighted by Crippen LogP contribution is -2.12. The molecule has 0 unspecified atom stereocenters. The molecule has 6 nitrogen and oxygen atoms in total. The van der Waals surface area contributed by atoms with Gasteiger partial charge in [-0.1, -0.05) is 96.6 Å². The lowest BCUT2D eigenvalue weighted by Gasteiger charge is -2.12. The van der Waals surface area contributed by atoms with Gasteiger partial charge in [-0.3, -0.25) is 4.79 Å². The zero-order valence-electron chi connectivity index (χ0n) is 26.4. The topological polar surface area (TPSA) is 85.6 Å². The van der Waals surface area contributed by atoms with Crippen molar-refractivity contribution in [1.29, 1.82) is 5.26 Å². The van der Waals surface area contributed by atoms with E-state index in [4.69, 9.17) is 14.2 Å². The molecule has 0 atom stereocenters. The van der Waals surface area contributed by atoms with Crippen molar-refractivity contribution < 1.29 is 23.8 Å². The maximum atomic E-state index is 13.5. The SMILES string of the molecule is CCCCCCCCCCOc1ccccc1C(=O)c1ccc(C(=O)Oc2ccc(OCCCCCCC)cc2)cc1C#N. The molecule has 0 spiro atoms. The first kappa shape index (κ1) is 34.4. The Bertz CT molecular complexity index is 1340. The maximum absolute atomic E-state index is 13.5. The summed E-state index contributed by atoms with van der Waals surface area (Å²) in [5.41, 5.74) is 0.889. The van der Waals surface area contributed by atoms with Gasteiger partial charge in [-0.25, -0.2) is 4.79 Å². The van der Waals surface area contributed by atoms with Crippen molar-refractivity contribution in [3.8, 4) is 23.3 Å². The highest BCUT2D eigenvalue weighted by atomic mass is 16.5. The molecule has 0 N–H and O–H groups in total. The van der Waals surface area contributed by atoms with Crippen molar-refractivity contribution >= 4 is 11.8 Å². The predicted molar refractivity (Wildman–Crippen MR) is 175 cm³/mol. The third kappa shape index (κ3) is 11.5. The number of unbranched alkanes of at least 4 members (excludes halogenated alkanes) is 11. The van der Waals surface area contributed by atoms with Crippen LogP contribution < -0.4 is 14.2 Å². The second-order valence-corrected chi connectivity index (χ2v) is 11.1. The fourth-order valence-electron chi connectivity index (χ4n) is 4.97. The Morgan fingerprint density at radius 2 is 1.20 bits per heavy atom. The van der Waals surface area contributed by atoms with E-state index in [0.717, 1.165) is 31.4 Å². The van der Waals surface area contributed by atoms with Crippen molar-refractivity contribution in [2.45, 2.75) is 97.3 Å². The van der Waals surface area contributed by atoms with Gasteiger partial charge in [-0.15, -0.1) is 0 Å². The first-order valence-electron chi connectivity index (χ1n) is 16.3. The lowest BCUT2D eigenvalue weighted by atomic mass is 9.96. The number of ketones is 1. The zero-order valence-corrected chi connectivity index (χ0v) is 26.4. The number of para-hydroxylation sites is 1. The standard InChI is InChI=1S/C38H47NO5/c1-3-5-7-9-10-11-13-17-27-43-36-19-15-14-18-35(36)37(40)34-25-20-30(28-31(34)29-39)38(41)44-33-23-21-32(22-24-33)42-26-16-12-8-6-4-2/h14-15,18-25,28H,3-13,16-17,26-27H2,1-2H3. The number of nitriles is 1. The van der Waals surface area contributed by atoms with Gasteiger partial charge in [0.05, 0.1) is 36.0 Å². The Labute approximate surface area is 263 Å². The average molecular weight is 598 g/mol. The van der Waals surface area contributed by atoms with Crippen molar-refractivity contribution in [3.63, 3.8) is 0 Å². The van der Waals surface area contributed by atoms with Gasteiger partial charge in [0.15, 0.2) is 5.78 Å². The van der Waals surface area contributed by atoms with Crippen LogP contribution in [-0.4, -0.2) is 25.0 Å². The van der Waals surface area contributed by atoms with Crippen molar-refractivity contribution in [3.05, 3.63) is 89.0 Å². The number of nitrogens with zero attached hydrogens (tertiary/aromatic N) is 1. The monoisotopic (exact) mass is 597 g/mol. The number of hydrogen-bond donors (Lipinski definition) is 0. The minimum absolute atomic E-state index is 0.102. The molecule has 0 aliphatic rings. The molecule has 44 heavy (non-hydrogen) atoms. The third-order valence-corrected chi connectivity index (χ3v) is 7.56. The molecule has 3 aromatic carbocycles. The molecular formula is C38H47NO5. The molecule has 0 saturated carbocycles. The van der Waals surface area contributed by atoms with Crippen LogP contribution in [0.5, 0.6) is 17.2 Å². The molecule has 0 aliphatic carbocycles. The van der Waals surface area contributed by atoms with Crippen LogP contribution in [0.4, 0.5) is 0 Å². The van der Waals surface area contributed by atoms with Gasteiger partial charge in [0.2, 0.25) is 0 Å². The molecule has 0 bridgehead atoms. The molecule has 0 fully saturated rings. The van der Waals surface area contributed by atoms with Gasteiger partial charge in [0, 0.05) is 5.56 Å². The van der Waals surface area contributed by atoms with Gasteiger partial charge < -0.3 is 14.2 Å². The van der Waals surface area contributed by atoms with E-state index in [9.17, 15) is 14.9 Å². The van der Waals surface area contributed by atoms with Crippen LogP contribution in [0, 0.1) is 11.3 Å². The van der Waals surface area contributed by atoms with Crippen molar-refractivity contribution in [2.75, 3.05) is 13.2 Å². The summed E-state index contributed by atoms with van der Waals surface area (Å²) in [7, 11) is 0. The molecule has 6 heteroatoms. The van der Waals surface area contributed by atoms with Crippen LogP contribution in [0.25, 0.3) is 0 Å². The van der Waals surface area contributed by atoms with E-state index in [1.165, 1.54) is 76.0 Å². The molecule has 234 valence electrons. The molecule has 3 aromatic rings. The number of esters is 1. The van der Waals surface area contributed by atoms with Crippen LogP contribution in [0.2, 0.25) is 0 Å². The van der Waals surface area contributed by atoms with E-state index in [-0.39, 0.29) is 22.5 Å². The Morgan fingerprint density at radius 1 is 0.636 bits per heavy atom. The number of ether oxygens (including phenoxy) is 3. The highest BCUT2D eigenvalue weighted by Gasteiger charge is 2.20. The summed E-state index contributed by atoms with van der Waals surface area (Å²) in [6.45, 7) is 5.60. The first-order valence-corrected chi connectivity index (χ1v) is 16.3. The third-order valence-electron chi connectivity index (χ3n) is 7.56. The zero-order chi connectivity index (χ0) is 31.4. The van der Waals surface area contributed by atoms with Crippen molar-refractivity contribution in [2.24, 2.45) is 0 Å². The molecule has 3 rings (SSSR count). The maximum Gasteiger partial charge on any atom is 0.343 e. The molecule has 0 amide bonds. The lowest BCUT2D eigenvalue weighted by molar-refractivity contribution is 0.0734. The van der Waals surface area contributed by atoms with Gasteiger partial charge in [0.25, 0.3) is 0 Å². The summed E-state index contributed by atoms with van der Waals surface area (Å²) in [5.74, 6) is 0.647. The van der Waals surface area contributed by atoms with Crippen LogP contribution in [0.3, 0.4) is 0 Å². The molecular weight excluding hydrogens is 550 g/mol. The fourth-order valence-corrected chi connectivity index (χ4v) is 4.97. The molecule has 0 radical (unpaired) electrons. The Balaban J connectivity index is 1.55. The average Bonchev–Trinajstić information content (AvgIpc) is 3.05. The number of hydrogen-bond acceptors (Lipinski definition) is 6.